The van der Waals surface area contributed by atoms with Gasteiger partial charge in [0.25, 0.3) is 5.89 Å². The second-order valence-corrected chi connectivity index (χ2v) is 6.42. The van der Waals surface area contributed by atoms with Crippen LogP contribution in [0.25, 0.3) is 11.5 Å². The molecule has 2 aromatic heterocycles. The van der Waals surface area contributed by atoms with E-state index in [-0.39, 0.29) is 18.8 Å². The fourth-order valence-electron chi connectivity index (χ4n) is 3.53. The van der Waals surface area contributed by atoms with Crippen LogP contribution in [-0.4, -0.2) is 33.1 Å². The molecule has 4 heterocycles. The van der Waals surface area contributed by atoms with E-state index >= 15 is 0 Å². The molecule has 134 valence electrons. The number of imidazole rings is 1. The number of hydrogen-bond acceptors (Lipinski definition) is 7. The van der Waals surface area contributed by atoms with E-state index in [0.29, 0.717) is 29.9 Å². The summed E-state index contributed by atoms with van der Waals surface area (Å²) in [5.41, 5.74) is 0.740. The molecule has 0 saturated carbocycles. The third kappa shape index (κ3) is 2.45. The molecule has 2 aliphatic rings. The van der Waals surface area contributed by atoms with Gasteiger partial charge in [-0.3, -0.25) is 0 Å². The number of aromatic nitrogens is 4. The highest BCUT2D eigenvalue weighted by Gasteiger charge is 2.35. The third-order valence-electron chi connectivity index (χ3n) is 4.82. The molecule has 1 aromatic carbocycles. The quantitative estimate of drug-likeness (QED) is 0.715. The maximum Gasteiger partial charge on any atom is 0.251 e. The van der Waals surface area contributed by atoms with E-state index in [1.807, 2.05) is 36.0 Å². The minimum Gasteiger partial charge on any atom is -0.454 e. The first kappa shape index (κ1) is 15.4. The average molecular weight is 354 g/mol. The van der Waals surface area contributed by atoms with Gasteiger partial charge in [-0.2, -0.15) is 0 Å². The Morgan fingerprint density at radius 2 is 2.15 bits per heavy atom. The standard InChI is InChI=1S/C18H18N4O4/c1-22-8-7-19-16(22)15-12(5-3-9-23-15)18-21-20-17(26-18)11-4-2-6-13-14(11)25-10-24-13/h2,4,6-8,12,15H,3,5,9-10H2,1H3/t12-,15-/m1/s1. The van der Waals surface area contributed by atoms with Gasteiger partial charge in [-0.05, 0) is 25.0 Å². The lowest BCUT2D eigenvalue weighted by Crippen LogP contribution is -2.23. The van der Waals surface area contributed by atoms with Crippen LogP contribution in [0.3, 0.4) is 0 Å². The van der Waals surface area contributed by atoms with Crippen LogP contribution in [0.5, 0.6) is 11.5 Å². The highest BCUT2D eigenvalue weighted by molar-refractivity contribution is 5.68. The van der Waals surface area contributed by atoms with Crippen molar-refractivity contribution in [1.29, 1.82) is 0 Å². The van der Waals surface area contributed by atoms with Crippen molar-refractivity contribution in [3.63, 3.8) is 0 Å². The van der Waals surface area contributed by atoms with Crippen molar-refractivity contribution in [2.75, 3.05) is 13.4 Å². The van der Waals surface area contributed by atoms with Crippen LogP contribution in [0.4, 0.5) is 0 Å². The van der Waals surface area contributed by atoms with Crippen molar-refractivity contribution in [1.82, 2.24) is 19.7 Å². The van der Waals surface area contributed by atoms with Crippen molar-refractivity contribution >= 4 is 0 Å². The summed E-state index contributed by atoms with van der Waals surface area (Å²) in [6.45, 7) is 0.900. The number of benzene rings is 1. The number of aryl methyl sites for hydroxylation is 1. The smallest absolute Gasteiger partial charge is 0.251 e. The molecule has 8 heteroatoms. The molecule has 0 unspecified atom stereocenters. The molecule has 2 atom stereocenters. The van der Waals surface area contributed by atoms with Crippen LogP contribution >= 0.6 is 0 Å². The molecular formula is C18H18N4O4. The largest absolute Gasteiger partial charge is 0.454 e. The maximum absolute atomic E-state index is 6.03. The summed E-state index contributed by atoms with van der Waals surface area (Å²) in [6, 6.07) is 5.63. The van der Waals surface area contributed by atoms with Gasteiger partial charge in [0.05, 0.1) is 11.5 Å². The lowest BCUT2D eigenvalue weighted by Gasteiger charge is -2.28. The van der Waals surface area contributed by atoms with Crippen molar-refractivity contribution in [3.05, 3.63) is 42.3 Å². The molecule has 0 bridgehead atoms. The minimum absolute atomic E-state index is 0.0278. The topological polar surface area (TPSA) is 84.4 Å². The van der Waals surface area contributed by atoms with Crippen LogP contribution in [0.1, 0.15) is 36.6 Å². The monoisotopic (exact) mass is 354 g/mol. The first-order valence-corrected chi connectivity index (χ1v) is 8.62. The van der Waals surface area contributed by atoms with Crippen molar-refractivity contribution in [2.24, 2.45) is 7.05 Å². The van der Waals surface area contributed by atoms with Crippen LogP contribution in [0.15, 0.2) is 35.0 Å². The van der Waals surface area contributed by atoms with Gasteiger partial charge < -0.3 is 23.2 Å². The zero-order chi connectivity index (χ0) is 17.5. The molecule has 8 nitrogen and oxygen atoms in total. The Labute approximate surface area is 149 Å². The Balaban J connectivity index is 1.49. The van der Waals surface area contributed by atoms with Crippen LogP contribution in [0.2, 0.25) is 0 Å². The Morgan fingerprint density at radius 1 is 1.19 bits per heavy atom. The molecule has 0 N–H and O–H groups in total. The SMILES string of the molecule is Cn1ccnc1[C@@H]1OCCC[C@H]1c1nnc(-c2cccc3c2OCO3)o1. The van der Waals surface area contributed by atoms with E-state index in [9.17, 15) is 0 Å². The van der Waals surface area contributed by atoms with Gasteiger partial charge in [-0.25, -0.2) is 4.98 Å². The molecule has 2 aliphatic heterocycles. The summed E-state index contributed by atoms with van der Waals surface area (Å²) in [7, 11) is 1.96. The number of hydrogen-bond donors (Lipinski definition) is 0. The van der Waals surface area contributed by atoms with Gasteiger partial charge in [0.15, 0.2) is 11.5 Å². The van der Waals surface area contributed by atoms with Gasteiger partial charge in [-0.1, -0.05) is 6.07 Å². The second-order valence-electron chi connectivity index (χ2n) is 6.42. The molecule has 0 amide bonds. The fraction of sp³-hybridized carbons (Fsp3) is 0.389. The van der Waals surface area contributed by atoms with Crippen LogP contribution in [-0.2, 0) is 11.8 Å². The second kappa shape index (κ2) is 6.14. The van der Waals surface area contributed by atoms with Crippen molar-refractivity contribution in [2.45, 2.75) is 24.9 Å². The predicted octanol–water partition coefficient (Wildman–Crippen LogP) is 2.83. The summed E-state index contributed by atoms with van der Waals surface area (Å²) in [6.07, 6.45) is 5.34. The summed E-state index contributed by atoms with van der Waals surface area (Å²) in [4.78, 5) is 4.44. The molecule has 1 saturated heterocycles. The van der Waals surface area contributed by atoms with Crippen molar-refractivity contribution < 1.29 is 18.6 Å². The number of nitrogens with zero attached hydrogens (tertiary/aromatic N) is 4. The first-order chi connectivity index (χ1) is 12.8. The molecule has 5 rings (SSSR count). The molecule has 0 spiro atoms. The first-order valence-electron chi connectivity index (χ1n) is 8.62. The molecule has 1 fully saturated rings. The van der Waals surface area contributed by atoms with Gasteiger partial charge in [0, 0.05) is 26.0 Å². The molecule has 0 radical (unpaired) electrons. The molecule has 3 aromatic rings. The van der Waals surface area contributed by atoms with Gasteiger partial charge in [0.1, 0.15) is 11.9 Å². The maximum atomic E-state index is 6.03. The van der Waals surface area contributed by atoms with E-state index in [1.165, 1.54) is 0 Å². The lowest BCUT2D eigenvalue weighted by atomic mass is 9.93. The Bertz CT molecular complexity index is 935. The summed E-state index contributed by atoms with van der Waals surface area (Å²) >= 11 is 0. The lowest BCUT2D eigenvalue weighted by molar-refractivity contribution is -0.0156. The Hall–Kier alpha value is -2.87. The number of rotatable bonds is 3. The summed E-state index contributed by atoms with van der Waals surface area (Å²) in [5, 5.41) is 8.54. The van der Waals surface area contributed by atoms with E-state index < -0.39 is 0 Å². The zero-order valence-electron chi connectivity index (χ0n) is 14.3. The van der Waals surface area contributed by atoms with Gasteiger partial charge in [-0.15, -0.1) is 10.2 Å². The van der Waals surface area contributed by atoms with Gasteiger partial charge >= 0.3 is 0 Å². The van der Waals surface area contributed by atoms with E-state index in [2.05, 4.69) is 15.2 Å². The van der Waals surface area contributed by atoms with E-state index in [1.54, 1.807) is 6.20 Å². The van der Waals surface area contributed by atoms with E-state index in [4.69, 9.17) is 18.6 Å². The Morgan fingerprint density at radius 3 is 3.04 bits per heavy atom. The fourth-order valence-corrected chi connectivity index (χ4v) is 3.53. The van der Waals surface area contributed by atoms with Crippen LogP contribution < -0.4 is 9.47 Å². The highest BCUT2D eigenvalue weighted by Crippen LogP contribution is 2.43. The number of ether oxygens (including phenoxy) is 3. The zero-order valence-corrected chi connectivity index (χ0v) is 14.3. The average Bonchev–Trinajstić information content (AvgIpc) is 3.41. The normalized spacial score (nSPS) is 21.9. The van der Waals surface area contributed by atoms with Crippen LogP contribution in [0, 0.1) is 0 Å². The van der Waals surface area contributed by atoms with Crippen molar-refractivity contribution in [3.8, 4) is 23.0 Å². The molecule has 0 aliphatic carbocycles. The minimum atomic E-state index is -0.196. The Kier molecular flexibility index (Phi) is 3.63. The molecule has 26 heavy (non-hydrogen) atoms. The third-order valence-corrected chi connectivity index (χ3v) is 4.82. The van der Waals surface area contributed by atoms with Gasteiger partial charge in [0.2, 0.25) is 12.7 Å². The summed E-state index contributed by atoms with van der Waals surface area (Å²) in [5.74, 6) is 3.15. The highest BCUT2D eigenvalue weighted by atomic mass is 16.7. The number of para-hydroxylation sites is 1. The summed E-state index contributed by atoms with van der Waals surface area (Å²) < 4.78 is 25.0. The predicted molar refractivity (Wildman–Crippen MR) is 89.7 cm³/mol. The number of fused-ring (bicyclic) bond motifs is 1. The molecular weight excluding hydrogens is 336 g/mol. The van der Waals surface area contributed by atoms with E-state index in [0.717, 1.165) is 24.2 Å².